The number of thiocarbonyl (C=S) groups is 1. The molecule has 0 saturated heterocycles. The van der Waals surface area contributed by atoms with Crippen LogP contribution in [0.4, 0.5) is 0 Å². The van der Waals surface area contributed by atoms with Crippen LogP contribution in [-0.2, 0) is 4.79 Å². The second-order valence-corrected chi connectivity index (χ2v) is 5.74. The Hall–Kier alpha value is -0.840. The molecule has 0 bridgehead atoms. The van der Waals surface area contributed by atoms with Gasteiger partial charge in [-0.25, -0.2) is 0 Å². The molecule has 0 aromatic heterocycles. The van der Waals surface area contributed by atoms with Crippen LogP contribution in [0.2, 0.25) is 0 Å². The van der Waals surface area contributed by atoms with E-state index in [2.05, 4.69) is 16.0 Å². The Morgan fingerprint density at radius 2 is 1.72 bits per heavy atom. The molecule has 102 valence electrons. The summed E-state index contributed by atoms with van der Waals surface area (Å²) >= 11 is 5.23. The van der Waals surface area contributed by atoms with Gasteiger partial charge < -0.3 is 16.0 Å². The number of hydrogen-bond donors (Lipinski definition) is 3. The van der Waals surface area contributed by atoms with Crippen molar-refractivity contribution in [1.82, 2.24) is 16.0 Å². The molecule has 4 nitrogen and oxygen atoms in total. The molecule has 3 N–H and O–H groups in total. The molecule has 1 amide bonds. The van der Waals surface area contributed by atoms with Gasteiger partial charge in [-0.2, -0.15) is 0 Å². The third-order valence-corrected chi connectivity index (χ3v) is 3.76. The fourth-order valence-electron chi connectivity index (χ4n) is 2.28. The summed E-state index contributed by atoms with van der Waals surface area (Å²) in [5.74, 6) is 0.175. The summed E-state index contributed by atoms with van der Waals surface area (Å²) in [5.41, 5.74) is 0. The number of amides is 1. The highest BCUT2D eigenvalue weighted by Gasteiger charge is 2.22. The maximum Gasteiger partial charge on any atom is 0.220 e. The average Bonchev–Trinajstić information content (AvgIpc) is 2.99. The summed E-state index contributed by atoms with van der Waals surface area (Å²) in [5, 5.41) is 10.2. The average molecular weight is 269 g/mol. The molecule has 2 rings (SSSR count). The van der Waals surface area contributed by atoms with E-state index in [-0.39, 0.29) is 5.91 Å². The van der Waals surface area contributed by atoms with E-state index in [9.17, 15) is 4.79 Å². The van der Waals surface area contributed by atoms with E-state index in [1.165, 1.54) is 25.7 Å². The van der Waals surface area contributed by atoms with Crippen molar-refractivity contribution < 1.29 is 4.79 Å². The van der Waals surface area contributed by atoms with Crippen molar-refractivity contribution in [3.8, 4) is 0 Å². The highest BCUT2D eigenvalue weighted by molar-refractivity contribution is 7.80. The lowest BCUT2D eigenvalue weighted by atomic mass is 10.2. The van der Waals surface area contributed by atoms with E-state index in [0.29, 0.717) is 18.5 Å². The first kappa shape index (κ1) is 13.6. The minimum absolute atomic E-state index is 0.175. The smallest absolute Gasteiger partial charge is 0.220 e. The Balaban J connectivity index is 1.46. The molecule has 0 atom stereocenters. The number of carbonyl (C=O) groups is 1. The van der Waals surface area contributed by atoms with Crippen LogP contribution in [0.15, 0.2) is 0 Å². The predicted molar refractivity (Wildman–Crippen MR) is 76.4 cm³/mol. The molecule has 2 saturated carbocycles. The van der Waals surface area contributed by atoms with Crippen molar-refractivity contribution in [2.45, 2.75) is 63.5 Å². The summed E-state index contributed by atoms with van der Waals surface area (Å²) in [7, 11) is 0. The van der Waals surface area contributed by atoms with Crippen LogP contribution < -0.4 is 16.0 Å². The molecular weight excluding hydrogens is 246 g/mol. The number of rotatable bonds is 6. The molecule has 18 heavy (non-hydrogen) atoms. The van der Waals surface area contributed by atoms with Crippen molar-refractivity contribution in [2.75, 3.05) is 6.54 Å². The Kier molecular flexibility index (Phi) is 5.23. The van der Waals surface area contributed by atoms with Crippen LogP contribution in [-0.4, -0.2) is 29.6 Å². The Morgan fingerprint density at radius 3 is 2.39 bits per heavy atom. The molecule has 5 heteroatoms. The third kappa shape index (κ3) is 5.21. The molecule has 0 heterocycles. The van der Waals surface area contributed by atoms with Crippen molar-refractivity contribution >= 4 is 23.2 Å². The largest absolute Gasteiger partial charge is 0.363 e. The van der Waals surface area contributed by atoms with Crippen LogP contribution in [0.3, 0.4) is 0 Å². The maximum atomic E-state index is 11.4. The first-order valence-electron chi connectivity index (χ1n) is 7.08. The van der Waals surface area contributed by atoms with Gasteiger partial charge in [0.05, 0.1) is 0 Å². The fourth-order valence-corrected chi connectivity index (χ4v) is 2.55. The monoisotopic (exact) mass is 269 g/mol. The van der Waals surface area contributed by atoms with Crippen molar-refractivity contribution in [1.29, 1.82) is 0 Å². The van der Waals surface area contributed by atoms with Gasteiger partial charge in [-0.1, -0.05) is 12.8 Å². The first-order chi connectivity index (χ1) is 8.74. The van der Waals surface area contributed by atoms with Crippen molar-refractivity contribution in [2.24, 2.45) is 0 Å². The standard InChI is InChI=1S/C13H23N3OS/c17-12(15-11-7-8-11)6-3-9-14-13(18)16-10-4-1-2-5-10/h10-11H,1-9H2,(H,15,17)(H2,14,16,18). The summed E-state index contributed by atoms with van der Waals surface area (Å²) in [6.45, 7) is 0.774. The van der Waals surface area contributed by atoms with Gasteiger partial charge in [0.2, 0.25) is 5.91 Å². The summed E-state index contributed by atoms with van der Waals surface area (Å²) in [4.78, 5) is 11.4. The van der Waals surface area contributed by atoms with Gasteiger partial charge in [-0.15, -0.1) is 0 Å². The van der Waals surface area contributed by atoms with Crippen molar-refractivity contribution in [3.05, 3.63) is 0 Å². The second kappa shape index (κ2) is 6.92. The van der Waals surface area contributed by atoms with E-state index >= 15 is 0 Å². The lowest BCUT2D eigenvalue weighted by molar-refractivity contribution is -0.121. The van der Waals surface area contributed by atoms with E-state index in [1.807, 2.05) is 0 Å². The molecule has 0 radical (unpaired) electrons. The van der Waals surface area contributed by atoms with E-state index in [4.69, 9.17) is 12.2 Å². The van der Waals surface area contributed by atoms with E-state index in [0.717, 1.165) is 30.9 Å². The Labute approximate surface area is 114 Å². The molecule has 0 aromatic carbocycles. The molecule has 0 aliphatic heterocycles. The summed E-state index contributed by atoms with van der Waals surface area (Å²) in [6.07, 6.45) is 8.81. The summed E-state index contributed by atoms with van der Waals surface area (Å²) in [6, 6.07) is 1.03. The number of hydrogen-bond acceptors (Lipinski definition) is 2. The zero-order valence-electron chi connectivity index (χ0n) is 10.8. The Bertz CT molecular complexity index is 299. The highest BCUT2D eigenvalue weighted by Crippen LogP contribution is 2.18. The molecule has 0 spiro atoms. The minimum atomic E-state index is 0.175. The second-order valence-electron chi connectivity index (χ2n) is 5.33. The maximum absolute atomic E-state index is 11.4. The van der Waals surface area contributed by atoms with Gasteiger partial charge in [0.1, 0.15) is 0 Å². The SMILES string of the molecule is O=C(CCCNC(=S)NC1CCCC1)NC1CC1. The van der Waals surface area contributed by atoms with E-state index < -0.39 is 0 Å². The number of nitrogens with one attached hydrogen (secondary N) is 3. The number of carbonyl (C=O) groups excluding carboxylic acids is 1. The van der Waals surface area contributed by atoms with Crippen molar-refractivity contribution in [3.63, 3.8) is 0 Å². The van der Waals surface area contributed by atoms with Gasteiger partial charge in [0.15, 0.2) is 5.11 Å². The van der Waals surface area contributed by atoms with Crippen LogP contribution in [0.5, 0.6) is 0 Å². The molecule has 2 fully saturated rings. The third-order valence-electron chi connectivity index (χ3n) is 3.50. The zero-order valence-corrected chi connectivity index (χ0v) is 11.7. The molecule has 2 aliphatic rings. The predicted octanol–water partition coefficient (Wildman–Crippen LogP) is 1.45. The Morgan fingerprint density at radius 1 is 1.06 bits per heavy atom. The quantitative estimate of drug-likeness (QED) is 0.505. The summed E-state index contributed by atoms with van der Waals surface area (Å²) < 4.78 is 0. The van der Waals surface area contributed by atoms with Crippen LogP contribution >= 0.6 is 12.2 Å². The zero-order chi connectivity index (χ0) is 12.8. The van der Waals surface area contributed by atoms with E-state index in [1.54, 1.807) is 0 Å². The van der Waals surface area contributed by atoms with Gasteiger partial charge in [0, 0.05) is 25.0 Å². The lowest BCUT2D eigenvalue weighted by Gasteiger charge is -2.15. The van der Waals surface area contributed by atoms with Gasteiger partial charge in [0.25, 0.3) is 0 Å². The molecule has 0 unspecified atom stereocenters. The molecule has 0 aromatic rings. The lowest BCUT2D eigenvalue weighted by Crippen LogP contribution is -2.41. The van der Waals surface area contributed by atoms with Crippen LogP contribution in [0.25, 0.3) is 0 Å². The minimum Gasteiger partial charge on any atom is -0.363 e. The van der Waals surface area contributed by atoms with Crippen LogP contribution in [0, 0.1) is 0 Å². The fraction of sp³-hybridized carbons (Fsp3) is 0.846. The van der Waals surface area contributed by atoms with Gasteiger partial charge in [-0.05, 0) is 44.3 Å². The molecule has 2 aliphatic carbocycles. The van der Waals surface area contributed by atoms with Gasteiger partial charge >= 0.3 is 0 Å². The molecular formula is C13H23N3OS. The van der Waals surface area contributed by atoms with Crippen LogP contribution in [0.1, 0.15) is 51.4 Å². The normalized spacial score (nSPS) is 19.6. The van der Waals surface area contributed by atoms with Gasteiger partial charge in [-0.3, -0.25) is 4.79 Å². The first-order valence-corrected chi connectivity index (χ1v) is 7.48. The topological polar surface area (TPSA) is 53.2 Å². The highest BCUT2D eigenvalue weighted by atomic mass is 32.1.